The number of aromatic nitrogens is 2. The minimum atomic E-state index is -1.38. The standard InChI is InChI=1S/C20H19N3O4S2.Na/c1-10-15-14(11(2)24)18(25)23(15)16(19(26)27)17(10)29-20-22-13(9-28-20)4-3-12-5-7-21-8-6-12;/h3-11,14-15,24H,1-2H3,(H,26,27);/q;+1/p-1/b4-3+;/t10-,11-,14-,15?;/m1./s1. The van der Waals surface area contributed by atoms with Gasteiger partial charge in [0.1, 0.15) is 0 Å². The quantitative estimate of drug-likeness (QED) is 0.426. The molecular weight excluding hydrogens is 433 g/mol. The summed E-state index contributed by atoms with van der Waals surface area (Å²) in [5, 5.41) is 23.5. The van der Waals surface area contributed by atoms with Crippen LogP contribution in [0.3, 0.4) is 0 Å². The van der Waals surface area contributed by atoms with E-state index in [0.29, 0.717) is 9.24 Å². The van der Waals surface area contributed by atoms with E-state index in [1.54, 1.807) is 19.3 Å². The summed E-state index contributed by atoms with van der Waals surface area (Å²) in [5.41, 5.74) is 1.66. The minimum Gasteiger partial charge on any atom is -0.543 e. The molecular formula is C20H18N3NaO4S2. The van der Waals surface area contributed by atoms with Gasteiger partial charge in [0.15, 0.2) is 4.34 Å². The van der Waals surface area contributed by atoms with E-state index >= 15 is 0 Å². The third-order valence-corrected chi connectivity index (χ3v) is 7.39. The second kappa shape index (κ2) is 9.33. The largest absolute Gasteiger partial charge is 1.00 e. The third-order valence-electron chi connectivity index (χ3n) is 5.15. The van der Waals surface area contributed by atoms with Crippen molar-refractivity contribution in [2.75, 3.05) is 0 Å². The van der Waals surface area contributed by atoms with Gasteiger partial charge in [0.05, 0.1) is 35.4 Å². The van der Waals surface area contributed by atoms with Gasteiger partial charge in [-0.05, 0) is 30.7 Å². The van der Waals surface area contributed by atoms with Gasteiger partial charge in [-0.1, -0.05) is 24.8 Å². The Morgan fingerprint density at radius 3 is 2.70 bits per heavy atom. The number of thioether (sulfide) groups is 1. The molecule has 1 saturated heterocycles. The zero-order valence-electron chi connectivity index (χ0n) is 16.7. The van der Waals surface area contributed by atoms with Gasteiger partial charge < -0.3 is 19.9 Å². The fourth-order valence-electron chi connectivity index (χ4n) is 3.79. The summed E-state index contributed by atoms with van der Waals surface area (Å²) in [5.74, 6) is -2.56. The van der Waals surface area contributed by atoms with E-state index in [4.69, 9.17) is 0 Å². The predicted octanol–water partition coefficient (Wildman–Crippen LogP) is -1.38. The fourth-order valence-corrected chi connectivity index (χ4v) is 5.85. The number of fused-ring (bicyclic) bond motifs is 1. The maximum atomic E-state index is 12.4. The number of carboxylic acids is 1. The molecule has 2 aromatic heterocycles. The summed E-state index contributed by atoms with van der Waals surface area (Å²) < 4.78 is 0.684. The molecule has 2 aromatic rings. The van der Waals surface area contributed by atoms with Crippen molar-refractivity contribution < 1.29 is 49.4 Å². The van der Waals surface area contributed by atoms with E-state index in [9.17, 15) is 19.8 Å². The number of hydrogen-bond donors (Lipinski definition) is 1. The molecule has 0 spiro atoms. The van der Waals surface area contributed by atoms with Crippen molar-refractivity contribution in [2.45, 2.75) is 30.3 Å². The van der Waals surface area contributed by atoms with E-state index in [0.717, 1.165) is 11.3 Å². The number of amides is 1. The number of hydrogen-bond acceptors (Lipinski definition) is 8. The van der Waals surface area contributed by atoms with Gasteiger partial charge in [0.2, 0.25) is 5.91 Å². The second-order valence-corrected chi connectivity index (χ2v) is 9.16. The molecule has 4 heterocycles. The Kier molecular flexibility index (Phi) is 7.21. The first-order chi connectivity index (χ1) is 13.9. The number of thiazole rings is 1. The van der Waals surface area contributed by atoms with Gasteiger partial charge in [-0.15, -0.1) is 11.3 Å². The van der Waals surface area contributed by atoms with E-state index in [-0.39, 0.29) is 53.1 Å². The molecule has 2 aliphatic heterocycles. The van der Waals surface area contributed by atoms with Crippen LogP contribution < -0.4 is 34.7 Å². The molecule has 1 unspecified atom stereocenters. The van der Waals surface area contributed by atoms with Crippen LogP contribution in [0, 0.1) is 11.8 Å². The average molecular weight is 452 g/mol. The molecule has 1 N–H and O–H groups in total. The van der Waals surface area contributed by atoms with Crippen molar-refractivity contribution in [1.82, 2.24) is 14.9 Å². The summed E-state index contributed by atoms with van der Waals surface area (Å²) in [6.45, 7) is 3.42. The molecule has 1 amide bonds. The van der Waals surface area contributed by atoms with Crippen LogP contribution in [0.25, 0.3) is 12.2 Å². The van der Waals surface area contributed by atoms with Crippen molar-refractivity contribution in [1.29, 1.82) is 0 Å². The van der Waals surface area contributed by atoms with E-state index < -0.39 is 18.0 Å². The first-order valence-electron chi connectivity index (χ1n) is 9.06. The molecule has 0 radical (unpaired) electrons. The maximum Gasteiger partial charge on any atom is 1.00 e. The Balaban J connectivity index is 0.00000256. The van der Waals surface area contributed by atoms with Gasteiger partial charge in [-0.3, -0.25) is 9.78 Å². The molecule has 4 atom stereocenters. The molecule has 0 saturated carbocycles. The molecule has 10 heteroatoms. The zero-order chi connectivity index (χ0) is 20.7. The van der Waals surface area contributed by atoms with Gasteiger partial charge in [-0.2, -0.15) is 0 Å². The van der Waals surface area contributed by atoms with Gasteiger partial charge in [0, 0.05) is 28.6 Å². The van der Waals surface area contributed by atoms with Gasteiger partial charge in [-0.25, -0.2) is 4.98 Å². The SMILES string of the molecule is C[C@H]1C(Sc2nc(/C=C/c3ccncc3)cs2)=C(C(=O)[O-])N2C(=O)[C@H]([C@@H](C)O)C12.[Na+]. The van der Waals surface area contributed by atoms with E-state index in [1.165, 1.54) is 28.0 Å². The summed E-state index contributed by atoms with van der Waals surface area (Å²) >= 11 is 2.65. The number of carbonyl (C=O) groups excluding carboxylic acids is 2. The Bertz CT molecular complexity index is 1020. The zero-order valence-corrected chi connectivity index (χ0v) is 20.3. The molecule has 0 aromatic carbocycles. The molecule has 30 heavy (non-hydrogen) atoms. The molecule has 0 aliphatic carbocycles. The van der Waals surface area contributed by atoms with Crippen molar-refractivity contribution >= 4 is 47.1 Å². The number of β-lactam (4-membered cyclic amide) rings is 1. The number of carbonyl (C=O) groups is 2. The van der Waals surface area contributed by atoms with Crippen LogP contribution in [0.15, 0.2) is 44.8 Å². The normalized spacial score (nSPS) is 23.9. The molecule has 7 nitrogen and oxygen atoms in total. The van der Waals surface area contributed by atoms with Gasteiger partial charge >= 0.3 is 29.6 Å². The van der Waals surface area contributed by atoms with Crippen LogP contribution in [0.5, 0.6) is 0 Å². The summed E-state index contributed by atoms with van der Waals surface area (Å²) in [7, 11) is 0. The van der Waals surface area contributed by atoms with Gasteiger partial charge in [0.25, 0.3) is 0 Å². The van der Waals surface area contributed by atoms with Crippen molar-refractivity contribution in [3.05, 3.63) is 51.8 Å². The molecule has 0 bridgehead atoms. The number of aliphatic hydroxyl groups is 1. The fraction of sp³-hybridized carbons (Fsp3) is 0.300. The second-order valence-electron chi connectivity index (χ2n) is 7.01. The van der Waals surface area contributed by atoms with Crippen molar-refractivity contribution in [3.8, 4) is 0 Å². The monoisotopic (exact) mass is 451 g/mol. The topological polar surface area (TPSA) is 106 Å². The Morgan fingerprint density at radius 1 is 1.37 bits per heavy atom. The Morgan fingerprint density at radius 2 is 2.07 bits per heavy atom. The van der Waals surface area contributed by atoms with Crippen LogP contribution in [-0.4, -0.2) is 44.0 Å². The first-order valence-corrected chi connectivity index (χ1v) is 10.8. The van der Waals surface area contributed by atoms with Crippen LogP contribution in [0.2, 0.25) is 0 Å². The first kappa shape index (κ1) is 23.2. The Hall–Kier alpha value is -1.49. The number of pyridine rings is 1. The number of rotatable bonds is 6. The predicted molar refractivity (Wildman–Crippen MR) is 108 cm³/mol. The number of aliphatic carboxylic acids is 1. The third kappa shape index (κ3) is 4.15. The van der Waals surface area contributed by atoms with Crippen LogP contribution >= 0.6 is 23.1 Å². The molecule has 150 valence electrons. The molecule has 4 rings (SSSR count). The summed E-state index contributed by atoms with van der Waals surface area (Å²) in [4.78, 5) is 34.4. The van der Waals surface area contributed by atoms with Crippen molar-refractivity contribution in [2.24, 2.45) is 11.8 Å². The van der Waals surface area contributed by atoms with E-state index in [2.05, 4.69) is 9.97 Å². The van der Waals surface area contributed by atoms with Crippen LogP contribution in [0.4, 0.5) is 0 Å². The smallest absolute Gasteiger partial charge is 0.543 e. The van der Waals surface area contributed by atoms with Crippen LogP contribution in [-0.2, 0) is 9.59 Å². The number of aliphatic hydroxyl groups excluding tert-OH is 1. The van der Waals surface area contributed by atoms with Crippen molar-refractivity contribution in [3.63, 3.8) is 0 Å². The van der Waals surface area contributed by atoms with E-state index in [1.807, 2.05) is 36.6 Å². The number of carboxylic acid groups (broad SMARTS) is 1. The minimum absolute atomic E-state index is 0. The molecule has 1 fully saturated rings. The maximum absolute atomic E-state index is 12.4. The number of nitrogens with zero attached hydrogens (tertiary/aromatic N) is 3. The van der Waals surface area contributed by atoms with Crippen LogP contribution in [0.1, 0.15) is 25.1 Å². The summed E-state index contributed by atoms with van der Waals surface area (Å²) in [6.07, 6.45) is 6.39. The average Bonchev–Trinajstić information content (AvgIpc) is 3.22. The summed E-state index contributed by atoms with van der Waals surface area (Å²) in [6, 6.07) is 3.41. The molecule has 2 aliphatic rings. The Labute approximate surface area is 204 Å².